The second kappa shape index (κ2) is 3.96. The van der Waals surface area contributed by atoms with Gasteiger partial charge in [-0.2, -0.15) is 0 Å². The van der Waals surface area contributed by atoms with Gasteiger partial charge in [0.1, 0.15) is 0 Å². The van der Waals surface area contributed by atoms with Crippen molar-refractivity contribution in [2.45, 2.75) is 0 Å². The highest BCUT2D eigenvalue weighted by atomic mass is 127. The first kappa shape index (κ1) is 9.45. The molecule has 2 rings (SSSR count). The van der Waals surface area contributed by atoms with E-state index in [9.17, 15) is 4.79 Å². The van der Waals surface area contributed by atoms with Crippen molar-refractivity contribution in [3.05, 3.63) is 57.6 Å². The summed E-state index contributed by atoms with van der Waals surface area (Å²) in [5, 5.41) is 0. The lowest BCUT2D eigenvalue weighted by molar-refractivity contribution is 0.101. The van der Waals surface area contributed by atoms with Crippen molar-refractivity contribution in [3.8, 4) is 0 Å². The van der Waals surface area contributed by atoms with Gasteiger partial charge in [0.25, 0.3) is 0 Å². The molecule has 0 fully saturated rings. The maximum atomic E-state index is 11.8. The second-order valence-electron chi connectivity index (χ2n) is 2.79. The standard InChI is InChI=1S/C11H7IO2/c12-9-5-2-1-4-8(9)11(13)10-6-3-7-14-10/h1-7H. The third kappa shape index (κ3) is 1.72. The van der Waals surface area contributed by atoms with Gasteiger partial charge in [0.15, 0.2) is 5.76 Å². The minimum absolute atomic E-state index is 0.0694. The molecule has 0 unspecified atom stereocenters. The number of furan rings is 1. The van der Waals surface area contributed by atoms with Crippen LogP contribution in [0.1, 0.15) is 16.1 Å². The Kier molecular flexibility index (Phi) is 2.67. The van der Waals surface area contributed by atoms with Crippen molar-refractivity contribution in [3.63, 3.8) is 0 Å². The van der Waals surface area contributed by atoms with Gasteiger partial charge in [0.05, 0.1) is 6.26 Å². The Morgan fingerprint density at radius 3 is 2.57 bits per heavy atom. The van der Waals surface area contributed by atoms with E-state index in [2.05, 4.69) is 22.6 Å². The molecule has 0 aliphatic rings. The summed E-state index contributed by atoms with van der Waals surface area (Å²) in [6.45, 7) is 0. The van der Waals surface area contributed by atoms with Gasteiger partial charge in [-0.1, -0.05) is 12.1 Å². The SMILES string of the molecule is O=C(c1ccco1)c1ccccc1I. The van der Waals surface area contributed by atoms with Gasteiger partial charge in [-0.05, 0) is 46.9 Å². The van der Waals surface area contributed by atoms with Gasteiger partial charge in [0, 0.05) is 9.13 Å². The molecule has 0 saturated heterocycles. The van der Waals surface area contributed by atoms with Gasteiger partial charge < -0.3 is 4.42 Å². The highest BCUT2D eigenvalue weighted by molar-refractivity contribution is 14.1. The zero-order chi connectivity index (χ0) is 9.97. The van der Waals surface area contributed by atoms with Crippen LogP contribution in [0.5, 0.6) is 0 Å². The highest BCUT2D eigenvalue weighted by Crippen LogP contribution is 2.16. The lowest BCUT2D eigenvalue weighted by Crippen LogP contribution is -2.01. The molecule has 2 nitrogen and oxygen atoms in total. The van der Waals surface area contributed by atoms with Gasteiger partial charge >= 0.3 is 0 Å². The summed E-state index contributed by atoms with van der Waals surface area (Å²) in [5.41, 5.74) is 0.683. The van der Waals surface area contributed by atoms with Crippen LogP contribution in [0.15, 0.2) is 47.1 Å². The minimum atomic E-state index is -0.0694. The molecular weight excluding hydrogens is 291 g/mol. The summed E-state index contributed by atoms with van der Waals surface area (Å²) in [7, 11) is 0. The van der Waals surface area contributed by atoms with Gasteiger partial charge in [-0.15, -0.1) is 0 Å². The predicted octanol–water partition coefficient (Wildman–Crippen LogP) is 3.12. The molecule has 1 heterocycles. The second-order valence-corrected chi connectivity index (χ2v) is 3.95. The number of hydrogen-bond acceptors (Lipinski definition) is 2. The summed E-state index contributed by atoms with van der Waals surface area (Å²) in [5.74, 6) is 0.314. The number of carbonyl (C=O) groups is 1. The summed E-state index contributed by atoms with van der Waals surface area (Å²) >= 11 is 2.14. The van der Waals surface area contributed by atoms with E-state index in [0.717, 1.165) is 3.57 Å². The number of rotatable bonds is 2. The van der Waals surface area contributed by atoms with Crippen molar-refractivity contribution >= 4 is 28.4 Å². The quantitative estimate of drug-likeness (QED) is 0.630. The van der Waals surface area contributed by atoms with Crippen LogP contribution in [-0.4, -0.2) is 5.78 Å². The van der Waals surface area contributed by atoms with Crippen LogP contribution in [-0.2, 0) is 0 Å². The number of benzene rings is 1. The third-order valence-corrected chi connectivity index (χ3v) is 2.80. The van der Waals surface area contributed by atoms with E-state index in [4.69, 9.17) is 4.42 Å². The summed E-state index contributed by atoms with van der Waals surface area (Å²) in [6, 6.07) is 10.8. The van der Waals surface area contributed by atoms with Crippen LogP contribution in [0.25, 0.3) is 0 Å². The number of hydrogen-bond donors (Lipinski definition) is 0. The molecule has 70 valence electrons. The Morgan fingerprint density at radius 1 is 1.14 bits per heavy atom. The fourth-order valence-corrected chi connectivity index (χ4v) is 1.82. The molecule has 1 aromatic heterocycles. The molecule has 0 amide bonds. The Bertz CT molecular complexity index is 446. The molecule has 0 aliphatic heterocycles. The number of halogens is 1. The lowest BCUT2D eigenvalue weighted by atomic mass is 10.1. The molecule has 0 atom stereocenters. The van der Waals surface area contributed by atoms with Crippen molar-refractivity contribution in [1.82, 2.24) is 0 Å². The topological polar surface area (TPSA) is 30.2 Å². The number of carbonyl (C=O) groups excluding carboxylic acids is 1. The van der Waals surface area contributed by atoms with Gasteiger partial charge in [0.2, 0.25) is 5.78 Å². The first-order chi connectivity index (χ1) is 6.79. The zero-order valence-electron chi connectivity index (χ0n) is 7.24. The molecule has 0 N–H and O–H groups in total. The maximum Gasteiger partial charge on any atom is 0.229 e. The molecule has 0 saturated carbocycles. The summed E-state index contributed by atoms with van der Waals surface area (Å²) < 4.78 is 5.99. The van der Waals surface area contributed by atoms with E-state index in [-0.39, 0.29) is 5.78 Å². The lowest BCUT2D eigenvalue weighted by Gasteiger charge is -1.99. The molecule has 0 aliphatic carbocycles. The van der Waals surface area contributed by atoms with Crippen molar-refractivity contribution < 1.29 is 9.21 Å². The molecule has 0 spiro atoms. The van der Waals surface area contributed by atoms with E-state index in [1.54, 1.807) is 18.2 Å². The predicted molar refractivity (Wildman–Crippen MR) is 61.3 cm³/mol. The van der Waals surface area contributed by atoms with Crippen LogP contribution in [0.2, 0.25) is 0 Å². The molecule has 0 bridgehead atoms. The third-order valence-electron chi connectivity index (χ3n) is 1.86. The molecule has 0 radical (unpaired) electrons. The molecule has 14 heavy (non-hydrogen) atoms. The normalized spacial score (nSPS) is 10.1. The zero-order valence-corrected chi connectivity index (χ0v) is 9.39. The summed E-state index contributed by atoms with van der Waals surface area (Å²) in [4.78, 5) is 11.8. The minimum Gasteiger partial charge on any atom is -0.461 e. The average Bonchev–Trinajstić information content (AvgIpc) is 2.70. The van der Waals surface area contributed by atoms with Crippen LogP contribution < -0.4 is 0 Å². The van der Waals surface area contributed by atoms with E-state index >= 15 is 0 Å². The monoisotopic (exact) mass is 298 g/mol. The first-order valence-electron chi connectivity index (χ1n) is 4.12. The van der Waals surface area contributed by atoms with Crippen LogP contribution in [0.3, 0.4) is 0 Å². The van der Waals surface area contributed by atoms with Gasteiger partial charge in [-0.3, -0.25) is 4.79 Å². The van der Waals surface area contributed by atoms with Crippen LogP contribution >= 0.6 is 22.6 Å². The summed E-state index contributed by atoms with van der Waals surface area (Å²) in [6.07, 6.45) is 1.50. The van der Waals surface area contributed by atoms with E-state index in [0.29, 0.717) is 11.3 Å². The fraction of sp³-hybridized carbons (Fsp3) is 0. The first-order valence-corrected chi connectivity index (χ1v) is 5.19. The van der Waals surface area contributed by atoms with Crippen molar-refractivity contribution in [2.75, 3.05) is 0 Å². The van der Waals surface area contributed by atoms with Gasteiger partial charge in [-0.25, -0.2) is 0 Å². The maximum absolute atomic E-state index is 11.8. The Hall–Kier alpha value is -1.10. The molecule has 2 aromatic rings. The highest BCUT2D eigenvalue weighted by Gasteiger charge is 2.13. The Morgan fingerprint density at radius 2 is 1.93 bits per heavy atom. The van der Waals surface area contributed by atoms with Crippen LogP contribution in [0.4, 0.5) is 0 Å². The molecular formula is C11H7IO2. The van der Waals surface area contributed by atoms with E-state index in [1.807, 2.05) is 18.2 Å². The Labute approximate surface area is 95.1 Å². The molecule has 1 aromatic carbocycles. The van der Waals surface area contributed by atoms with Crippen molar-refractivity contribution in [2.24, 2.45) is 0 Å². The smallest absolute Gasteiger partial charge is 0.229 e. The van der Waals surface area contributed by atoms with E-state index < -0.39 is 0 Å². The number of ketones is 1. The van der Waals surface area contributed by atoms with Crippen molar-refractivity contribution in [1.29, 1.82) is 0 Å². The van der Waals surface area contributed by atoms with E-state index in [1.165, 1.54) is 6.26 Å². The average molecular weight is 298 g/mol. The Balaban J connectivity index is 2.42. The molecule has 3 heteroatoms. The van der Waals surface area contributed by atoms with Crippen LogP contribution in [0, 0.1) is 3.57 Å². The largest absolute Gasteiger partial charge is 0.461 e. The fourth-order valence-electron chi connectivity index (χ4n) is 1.19.